The van der Waals surface area contributed by atoms with E-state index >= 15 is 0 Å². The third-order valence-electron chi connectivity index (χ3n) is 2.53. The van der Waals surface area contributed by atoms with Crippen molar-refractivity contribution in [3.8, 4) is 11.8 Å². The van der Waals surface area contributed by atoms with Crippen LogP contribution < -0.4 is 9.46 Å². The molecule has 0 fully saturated rings. The second kappa shape index (κ2) is 6.24. The second-order valence-electron chi connectivity index (χ2n) is 4.03. The number of ether oxygens (including phenoxy) is 1. The van der Waals surface area contributed by atoms with E-state index < -0.39 is 15.8 Å². The Labute approximate surface area is 121 Å². The molecule has 0 spiro atoms. The smallest absolute Gasteiger partial charge is 0.261 e. The quantitative estimate of drug-likeness (QED) is 0.920. The Hall–Kier alpha value is -2.59. The molecule has 0 saturated carbocycles. The summed E-state index contributed by atoms with van der Waals surface area (Å²) in [7, 11) is -3.77. The predicted molar refractivity (Wildman–Crippen MR) is 74.8 cm³/mol. The van der Waals surface area contributed by atoms with E-state index in [0.717, 1.165) is 12.1 Å². The van der Waals surface area contributed by atoms with Gasteiger partial charge in [0.05, 0.1) is 4.90 Å². The lowest BCUT2D eigenvalue weighted by Crippen LogP contribution is -2.12. The van der Waals surface area contributed by atoms with E-state index in [1.165, 1.54) is 24.3 Å². The predicted octanol–water partition coefficient (Wildman–Crippen LogP) is 2.53. The van der Waals surface area contributed by atoms with E-state index in [1.54, 1.807) is 12.1 Å². The van der Waals surface area contributed by atoms with Crippen LogP contribution in [0.2, 0.25) is 0 Å². The van der Waals surface area contributed by atoms with Gasteiger partial charge >= 0.3 is 0 Å². The minimum absolute atomic E-state index is 0.0336. The summed E-state index contributed by atoms with van der Waals surface area (Å²) in [5, 5.41) is 8.39. The Bertz CT molecular complexity index is 750. The number of anilines is 1. The first-order valence-electron chi connectivity index (χ1n) is 5.89. The Morgan fingerprint density at radius 2 is 1.71 bits per heavy atom. The summed E-state index contributed by atoms with van der Waals surface area (Å²) in [5.41, 5.74) is 0.337. The summed E-state index contributed by atoms with van der Waals surface area (Å²) >= 11 is 0. The Balaban J connectivity index is 2.13. The topological polar surface area (TPSA) is 79.2 Å². The monoisotopic (exact) mass is 306 g/mol. The highest BCUT2D eigenvalue weighted by molar-refractivity contribution is 7.92. The molecule has 2 aromatic carbocycles. The molecule has 0 heterocycles. The van der Waals surface area contributed by atoms with Crippen LogP contribution in [-0.2, 0) is 10.0 Å². The SMILES string of the molecule is N#CCOc1ccc(NS(=O)(=O)c2ccc(F)cc2)cc1. The zero-order valence-corrected chi connectivity index (χ0v) is 11.6. The molecule has 5 nitrogen and oxygen atoms in total. The van der Waals surface area contributed by atoms with Crippen molar-refractivity contribution < 1.29 is 17.5 Å². The fraction of sp³-hybridized carbons (Fsp3) is 0.0714. The van der Waals surface area contributed by atoms with E-state index in [-0.39, 0.29) is 11.5 Å². The largest absolute Gasteiger partial charge is 0.479 e. The number of benzene rings is 2. The maximum atomic E-state index is 12.8. The number of hydrogen-bond donors (Lipinski definition) is 1. The highest BCUT2D eigenvalue weighted by Crippen LogP contribution is 2.19. The van der Waals surface area contributed by atoms with Gasteiger partial charge in [0.25, 0.3) is 10.0 Å². The molecule has 0 amide bonds. The molecule has 0 saturated heterocycles. The fourth-order valence-corrected chi connectivity index (χ4v) is 2.62. The standard InChI is InChI=1S/C14H11FN2O3S/c15-11-1-7-14(8-2-11)21(18,19)17-12-3-5-13(6-4-12)20-10-9-16/h1-8,17H,10H2. The summed E-state index contributed by atoms with van der Waals surface area (Å²) in [6, 6.07) is 12.4. The third-order valence-corrected chi connectivity index (χ3v) is 3.93. The van der Waals surface area contributed by atoms with E-state index in [1.807, 2.05) is 6.07 Å². The lowest BCUT2D eigenvalue weighted by Gasteiger charge is -2.09. The maximum absolute atomic E-state index is 12.8. The molecule has 0 aromatic heterocycles. The zero-order valence-electron chi connectivity index (χ0n) is 10.8. The van der Waals surface area contributed by atoms with Gasteiger partial charge in [0.2, 0.25) is 0 Å². The normalized spacial score (nSPS) is 10.7. The van der Waals surface area contributed by atoms with Gasteiger partial charge in [-0.15, -0.1) is 0 Å². The van der Waals surface area contributed by atoms with Crippen molar-refractivity contribution in [2.45, 2.75) is 4.90 Å². The number of hydrogen-bond acceptors (Lipinski definition) is 4. The van der Waals surface area contributed by atoms with Gasteiger partial charge in [-0.3, -0.25) is 4.72 Å². The number of halogens is 1. The van der Waals surface area contributed by atoms with Gasteiger partial charge in [-0.25, -0.2) is 12.8 Å². The molecule has 0 aliphatic rings. The number of rotatable bonds is 5. The van der Waals surface area contributed by atoms with Gasteiger partial charge in [-0.2, -0.15) is 5.26 Å². The third kappa shape index (κ3) is 3.94. The number of nitrogens with zero attached hydrogens (tertiary/aromatic N) is 1. The Kier molecular flexibility index (Phi) is 4.40. The van der Waals surface area contributed by atoms with Crippen molar-refractivity contribution in [3.05, 3.63) is 54.3 Å². The van der Waals surface area contributed by atoms with Crippen molar-refractivity contribution in [3.63, 3.8) is 0 Å². The maximum Gasteiger partial charge on any atom is 0.261 e. The van der Waals surface area contributed by atoms with Gasteiger partial charge in [-0.1, -0.05) is 0 Å². The number of nitriles is 1. The molecule has 2 rings (SSSR count). The minimum atomic E-state index is -3.77. The van der Waals surface area contributed by atoms with Crippen LogP contribution in [0.25, 0.3) is 0 Å². The van der Waals surface area contributed by atoms with Crippen LogP contribution in [0.5, 0.6) is 5.75 Å². The second-order valence-corrected chi connectivity index (χ2v) is 5.71. The zero-order chi connectivity index (χ0) is 15.3. The summed E-state index contributed by atoms with van der Waals surface area (Å²) in [6.07, 6.45) is 0. The molecule has 7 heteroatoms. The van der Waals surface area contributed by atoms with Crippen LogP contribution in [0.15, 0.2) is 53.4 Å². The molecule has 0 atom stereocenters. The van der Waals surface area contributed by atoms with Crippen LogP contribution in [0, 0.1) is 17.1 Å². The number of sulfonamides is 1. The van der Waals surface area contributed by atoms with Crippen molar-refractivity contribution in [1.29, 1.82) is 5.26 Å². The van der Waals surface area contributed by atoms with Gasteiger partial charge in [0.15, 0.2) is 6.61 Å². The number of nitrogens with one attached hydrogen (secondary N) is 1. The summed E-state index contributed by atoms with van der Waals surface area (Å²) in [4.78, 5) is -0.0336. The summed E-state index contributed by atoms with van der Waals surface area (Å²) < 4.78 is 44.3. The molecule has 0 bridgehead atoms. The van der Waals surface area contributed by atoms with Crippen LogP contribution >= 0.6 is 0 Å². The van der Waals surface area contributed by atoms with E-state index in [9.17, 15) is 12.8 Å². The van der Waals surface area contributed by atoms with Crippen molar-refractivity contribution in [1.82, 2.24) is 0 Å². The van der Waals surface area contributed by atoms with E-state index in [2.05, 4.69) is 4.72 Å². The summed E-state index contributed by atoms with van der Waals surface area (Å²) in [6.45, 7) is -0.0827. The molecule has 108 valence electrons. The molecule has 0 radical (unpaired) electrons. The molecule has 21 heavy (non-hydrogen) atoms. The van der Waals surface area contributed by atoms with Crippen molar-refractivity contribution in [2.24, 2.45) is 0 Å². The average Bonchev–Trinajstić information content (AvgIpc) is 2.47. The first-order chi connectivity index (χ1) is 10.0. The van der Waals surface area contributed by atoms with E-state index in [4.69, 9.17) is 10.00 Å². The Morgan fingerprint density at radius 1 is 1.10 bits per heavy atom. The average molecular weight is 306 g/mol. The molecule has 0 aliphatic heterocycles. The lowest BCUT2D eigenvalue weighted by molar-refractivity contribution is 0.368. The van der Waals surface area contributed by atoms with Gasteiger partial charge in [0.1, 0.15) is 17.6 Å². The first kappa shape index (κ1) is 14.8. The molecule has 0 aliphatic carbocycles. The van der Waals surface area contributed by atoms with Gasteiger partial charge in [0, 0.05) is 5.69 Å². The molecular formula is C14H11FN2O3S. The molecule has 1 N–H and O–H groups in total. The van der Waals surface area contributed by atoms with Crippen LogP contribution in [0.4, 0.5) is 10.1 Å². The Morgan fingerprint density at radius 3 is 2.29 bits per heavy atom. The molecule has 2 aromatic rings. The van der Waals surface area contributed by atoms with Gasteiger partial charge in [-0.05, 0) is 48.5 Å². The van der Waals surface area contributed by atoms with Crippen molar-refractivity contribution >= 4 is 15.7 Å². The van der Waals surface area contributed by atoms with Crippen LogP contribution in [-0.4, -0.2) is 15.0 Å². The lowest BCUT2D eigenvalue weighted by atomic mass is 10.3. The highest BCUT2D eigenvalue weighted by atomic mass is 32.2. The minimum Gasteiger partial charge on any atom is -0.479 e. The molecular weight excluding hydrogens is 295 g/mol. The first-order valence-corrected chi connectivity index (χ1v) is 7.38. The fourth-order valence-electron chi connectivity index (χ4n) is 1.56. The highest BCUT2D eigenvalue weighted by Gasteiger charge is 2.14. The summed E-state index contributed by atoms with van der Waals surface area (Å²) in [5.74, 6) is -0.0470. The van der Waals surface area contributed by atoms with Gasteiger partial charge < -0.3 is 4.74 Å². The van der Waals surface area contributed by atoms with Crippen LogP contribution in [0.3, 0.4) is 0 Å². The van der Waals surface area contributed by atoms with Crippen molar-refractivity contribution in [2.75, 3.05) is 11.3 Å². The molecule has 0 unspecified atom stereocenters. The van der Waals surface area contributed by atoms with E-state index in [0.29, 0.717) is 11.4 Å². The van der Waals surface area contributed by atoms with Crippen LogP contribution in [0.1, 0.15) is 0 Å².